The lowest BCUT2D eigenvalue weighted by molar-refractivity contribution is -0.141. The molecule has 2 saturated carbocycles. The Labute approximate surface area is 316 Å². The first-order valence-electron chi connectivity index (χ1n) is 19.0. The van der Waals surface area contributed by atoms with Gasteiger partial charge in [-0.2, -0.15) is 12.7 Å². The van der Waals surface area contributed by atoms with E-state index < -0.39 is 75.4 Å². The standard InChI is InChI=1S/C37H53N7O9S/c1-36(2,3)53-34(48)39-29-14-8-6-4-5-7-13-26-20-37(26,33(47)41-54(50,51)44(18-17-38)27-15-16-27)40-31(45)30-19-28(23-43(30)32(29)46)52-35(49)42-21-24-11-9-10-12-25(24)22-42/h7,9-13,26-30H,4-6,8,14-23,38H2,1-3H3,(H,39,48)(H,40,45)(H,41,47)/b13-7-/t26-,28-,29+,30+,37-/m1/s1. The Bertz CT molecular complexity index is 1740. The minimum absolute atomic E-state index is 0.0389. The zero-order chi connectivity index (χ0) is 38.8. The fraction of sp³-hybridized carbons (Fsp3) is 0.649. The average molecular weight is 772 g/mol. The second-order valence-corrected chi connectivity index (χ2v) is 17.6. The van der Waals surface area contributed by atoms with Crippen molar-refractivity contribution < 1.29 is 41.9 Å². The average Bonchev–Trinajstić information content (AvgIpc) is 3.96. The maximum absolute atomic E-state index is 14.4. The summed E-state index contributed by atoms with van der Waals surface area (Å²) in [4.78, 5) is 71.9. The molecule has 0 unspecified atom stereocenters. The van der Waals surface area contributed by atoms with E-state index in [-0.39, 0.29) is 44.9 Å². The van der Waals surface area contributed by atoms with Crippen LogP contribution < -0.4 is 21.1 Å². The minimum atomic E-state index is -4.27. The first-order valence-corrected chi connectivity index (χ1v) is 20.4. The number of ether oxygens (including phenoxy) is 2. The van der Waals surface area contributed by atoms with Crippen LogP contribution in [0.5, 0.6) is 0 Å². The lowest BCUT2D eigenvalue weighted by Gasteiger charge is -2.30. The van der Waals surface area contributed by atoms with Gasteiger partial charge in [-0.3, -0.25) is 19.3 Å². The number of hydrogen-bond acceptors (Lipinski definition) is 10. The maximum Gasteiger partial charge on any atom is 0.410 e. The van der Waals surface area contributed by atoms with Gasteiger partial charge in [0.25, 0.3) is 5.91 Å². The molecule has 3 fully saturated rings. The van der Waals surface area contributed by atoms with Gasteiger partial charge in [0.15, 0.2) is 0 Å². The van der Waals surface area contributed by atoms with E-state index in [1.54, 1.807) is 25.7 Å². The van der Waals surface area contributed by atoms with Gasteiger partial charge in [-0.1, -0.05) is 49.3 Å². The molecule has 6 rings (SSSR count). The van der Waals surface area contributed by atoms with Crippen LogP contribution in [0.3, 0.4) is 0 Å². The van der Waals surface area contributed by atoms with Crippen molar-refractivity contribution in [1.82, 2.24) is 29.5 Å². The Morgan fingerprint density at radius 2 is 1.76 bits per heavy atom. The molecule has 296 valence electrons. The quantitative estimate of drug-likeness (QED) is 0.283. The zero-order valence-corrected chi connectivity index (χ0v) is 32.1. The highest BCUT2D eigenvalue weighted by Crippen LogP contribution is 2.46. The highest BCUT2D eigenvalue weighted by Gasteiger charge is 2.62. The van der Waals surface area contributed by atoms with Gasteiger partial charge >= 0.3 is 22.4 Å². The molecule has 54 heavy (non-hydrogen) atoms. The zero-order valence-electron chi connectivity index (χ0n) is 31.3. The number of rotatable bonds is 8. The van der Waals surface area contributed by atoms with Crippen molar-refractivity contribution in [2.45, 2.75) is 127 Å². The van der Waals surface area contributed by atoms with Crippen LogP contribution >= 0.6 is 0 Å². The molecule has 0 bridgehead atoms. The summed E-state index contributed by atoms with van der Waals surface area (Å²) in [6.07, 6.45) is 5.89. The number of nitrogens with two attached hydrogens (primary N) is 1. The summed E-state index contributed by atoms with van der Waals surface area (Å²) in [7, 11) is -4.27. The van der Waals surface area contributed by atoms with Gasteiger partial charge in [-0.05, 0) is 70.4 Å². The summed E-state index contributed by atoms with van der Waals surface area (Å²) in [6, 6.07) is 5.17. The van der Waals surface area contributed by atoms with E-state index in [0.717, 1.165) is 24.0 Å². The highest BCUT2D eigenvalue weighted by molar-refractivity contribution is 7.87. The smallest absolute Gasteiger partial charge is 0.410 e. The van der Waals surface area contributed by atoms with Crippen LogP contribution in [0.25, 0.3) is 0 Å². The Morgan fingerprint density at radius 3 is 2.41 bits per heavy atom. The Morgan fingerprint density at radius 1 is 1.06 bits per heavy atom. The molecule has 2 aliphatic carbocycles. The van der Waals surface area contributed by atoms with Crippen molar-refractivity contribution in [3.63, 3.8) is 0 Å². The normalized spacial score (nSPS) is 28.1. The predicted octanol–water partition coefficient (Wildman–Crippen LogP) is 2.18. The number of carbonyl (C=O) groups is 5. The summed E-state index contributed by atoms with van der Waals surface area (Å²) in [5.74, 6) is -2.64. The fourth-order valence-electron chi connectivity index (χ4n) is 7.55. The van der Waals surface area contributed by atoms with Crippen molar-refractivity contribution >= 4 is 40.1 Å². The monoisotopic (exact) mass is 771 g/mol. The molecule has 16 nitrogen and oxygen atoms in total. The van der Waals surface area contributed by atoms with Gasteiger partial charge in [-0.25, -0.2) is 14.3 Å². The molecule has 3 aliphatic heterocycles. The molecule has 0 aromatic heterocycles. The first kappa shape index (κ1) is 39.5. The third-order valence-electron chi connectivity index (χ3n) is 10.5. The number of fused-ring (bicyclic) bond motifs is 3. The van der Waals surface area contributed by atoms with Crippen LogP contribution in [0, 0.1) is 5.92 Å². The molecule has 5 N–H and O–H groups in total. The molecule has 0 spiro atoms. The largest absolute Gasteiger partial charge is 0.444 e. The lowest BCUT2D eigenvalue weighted by Crippen LogP contribution is -2.59. The molecule has 1 aromatic carbocycles. The second kappa shape index (κ2) is 15.9. The maximum atomic E-state index is 14.4. The highest BCUT2D eigenvalue weighted by atomic mass is 32.2. The number of hydrogen-bond donors (Lipinski definition) is 4. The molecule has 17 heteroatoms. The summed E-state index contributed by atoms with van der Waals surface area (Å²) in [6.45, 7) is 5.82. The summed E-state index contributed by atoms with van der Waals surface area (Å²) < 4.78 is 41.6. The van der Waals surface area contributed by atoms with Crippen molar-refractivity contribution in [3.8, 4) is 0 Å². The second-order valence-electron chi connectivity index (χ2n) is 16.0. The number of carbonyl (C=O) groups excluding carboxylic acids is 5. The van der Waals surface area contributed by atoms with Gasteiger partial charge in [0.2, 0.25) is 11.8 Å². The molecular formula is C37H53N7O9S. The molecule has 1 aromatic rings. The van der Waals surface area contributed by atoms with Gasteiger partial charge in [-0.15, -0.1) is 0 Å². The van der Waals surface area contributed by atoms with E-state index in [2.05, 4.69) is 15.4 Å². The number of benzene rings is 1. The molecule has 0 radical (unpaired) electrons. The molecule has 5 amide bonds. The van der Waals surface area contributed by atoms with Gasteiger partial charge < -0.3 is 30.7 Å². The topological polar surface area (TPSA) is 210 Å². The first-order chi connectivity index (χ1) is 25.6. The molecule has 1 saturated heterocycles. The van der Waals surface area contributed by atoms with Crippen LogP contribution in [0.4, 0.5) is 9.59 Å². The number of nitrogens with zero attached hydrogens (tertiary/aromatic N) is 3. The number of allylic oxidation sites excluding steroid dienone is 1. The molecule has 5 aliphatic rings. The molecular weight excluding hydrogens is 719 g/mol. The van der Waals surface area contributed by atoms with Crippen molar-refractivity contribution in [2.24, 2.45) is 11.7 Å². The van der Waals surface area contributed by atoms with Crippen LogP contribution in [0.1, 0.15) is 89.7 Å². The third kappa shape index (κ3) is 9.17. The number of nitrogens with one attached hydrogen (secondary N) is 3. The lowest BCUT2D eigenvalue weighted by atomic mass is 10.0. The molecule has 5 atom stereocenters. The van der Waals surface area contributed by atoms with Crippen LogP contribution in [-0.2, 0) is 47.2 Å². The van der Waals surface area contributed by atoms with Crippen LogP contribution in [-0.4, -0.2) is 107 Å². The molecule has 3 heterocycles. The van der Waals surface area contributed by atoms with E-state index >= 15 is 0 Å². The van der Waals surface area contributed by atoms with E-state index in [0.29, 0.717) is 38.8 Å². The predicted molar refractivity (Wildman–Crippen MR) is 196 cm³/mol. The van der Waals surface area contributed by atoms with Crippen LogP contribution in [0.2, 0.25) is 0 Å². The van der Waals surface area contributed by atoms with Crippen LogP contribution in [0.15, 0.2) is 36.4 Å². The SMILES string of the molecule is CC(C)(C)OC(=O)N[C@H]1CCCCC/C=C\[C@@H]2C[C@@]2(C(=O)NS(=O)(=O)N(CCN)C2CC2)NC(=O)[C@@H]2C[C@@H](OC(=O)N3Cc4ccccc4C3)CN2C1=O. The van der Waals surface area contributed by atoms with Crippen molar-refractivity contribution in [2.75, 3.05) is 19.6 Å². The Balaban J connectivity index is 1.25. The number of amides is 5. The van der Waals surface area contributed by atoms with E-state index in [1.807, 2.05) is 36.4 Å². The van der Waals surface area contributed by atoms with Crippen molar-refractivity contribution in [3.05, 3.63) is 47.5 Å². The van der Waals surface area contributed by atoms with Gasteiger partial charge in [0.05, 0.1) is 6.54 Å². The minimum Gasteiger partial charge on any atom is -0.444 e. The summed E-state index contributed by atoms with van der Waals surface area (Å²) in [5, 5.41) is 5.53. The number of alkyl carbamates (subject to hydrolysis) is 1. The third-order valence-corrected chi connectivity index (χ3v) is 12.1. The van der Waals surface area contributed by atoms with Crippen molar-refractivity contribution in [1.29, 1.82) is 0 Å². The Kier molecular flexibility index (Phi) is 11.6. The van der Waals surface area contributed by atoms with E-state index in [9.17, 15) is 32.4 Å². The van der Waals surface area contributed by atoms with Gasteiger partial charge in [0, 0.05) is 44.6 Å². The van der Waals surface area contributed by atoms with E-state index in [1.165, 1.54) is 9.21 Å². The Hall–Kier alpha value is -4.22. The summed E-state index contributed by atoms with van der Waals surface area (Å²) in [5.41, 5.74) is 5.27. The fourth-order valence-corrected chi connectivity index (χ4v) is 9.03. The van der Waals surface area contributed by atoms with E-state index in [4.69, 9.17) is 15.2 Å². The summed E-state index contributed by atoms with van der Waals surface area (Å²) >= 11 is 0. The van der Waals surface area contributed by atoms with Gasteiger partial charge in [0.1, 0.15) is 29.3 Å².